The summed E-state index contributed by atoms with van der Waals surface area (Å²) in [5.41, 5.74) is 10.6. The van der Waals surface area contributed by atoms with Gasteiger partial charge in [0.1, 0.15) is 16.5 Å². The fraction of sp³-hybridized carbons (Fsp3) is 0.333. The lowest BCUT2D eigenvalue weighted by Crippen LogP contribution is -2.27. The zero-order chi connectivity index (χ0) is 24.1. The van der Waals surface area contributed by atoms with Crippen LogP contribution in [0.1, 0.15) is 39.4 Å². The maximum atomic E-state index is 12.4. The topological polar surface area (TPSA) is 132 Å². The first kappa shape index (κ1) is 23.5. The lowest BCUT2D eigenvalue weighted by Gasteiger charge is -2.22. The van der Waals surface area contributed by atoms with Crippen LogP contribution in [0.4, 0.5) is 15.5 Å². The summed E-state index contributed by atoms with van der Waals surface area (Å²) in [7, 11) is 0. The van der Waals surface area contributed by atoms with Gasteiger partial charge in [0.2, 0.25) is 5.91 Å². The molecule has 3 aromatic heterocycles. The third-order valence-electron chi connectivity index (χ3n) is 5.68. The van der Waals surface area contributed by atoms with Crippen molar-refractivity contribution in [1.29, 1.82) is 0 Å². The Morgan fingerprint density at radius 1 is 1.38 bits per heavy atom. The van der Waals surface area contributed by atoms with Gasteiger partial charge < -0.3 is 25.6 Å². The van der Waals surface area contributed by atoms with Crippen molar-refractivity contribution >= 4 is 40.1 Å². The predicted octanol–water partition coefficient (Wildman–Crippen LogP) is 4.01. The molecule has 34 heavy (non-hydrogen) atoms. The lowest BCUT2D eigenvalue weighted by molar-refractivity contribution is -0.111. The quantitative estimate of drug-likeness (QED) is 0.434. The number of aryl methyl sites for hydroxylation is 2. The van der Waals surface area contributed by atoms with Crippen LogP contribution in [0.5, 0.6) is 0 Å². The van der Waals surface area contributed by atoms with Crippen molar-refractivity contribution in [2.45, 2.75) is 39.7 Å². The van der Waals surface area contributed by atoms with Crippen molar-refractivity contribution < 1.29 is 18.8 Å². The van der Waals surface area contributed by atoms with Crippen LogP contribution >= 0.6 is 11.3 Å². The van der Waals surface area contributed by atoms with Gasteiger partial charge in [-0.1, -0.05) is 5.16 Å². The number of fused-ring (bicyclic) bond motifs is 1. The highest BCUT2D eigenvalue weighted by molar-refractivity contribution is 7.17. The average Bonchev–Trinajstić information content (AvgIpc) is 3.38. The molecule has 3 heterocycles. The van der Waals surface area contributed by atoms with Crippen molar-refractivity contribution in [2.24, 2.45) is 5.92 Å². The third-order valence-corrected chi connectivity index (χ3v) is 6.87. The SMILES string of the molecule is Cc1cc(CNC(=O)OCC2CCc3c(sc(NC(=O)/C=C/c4cnccc4C)c3N)C2)no1. The zero-order valence-corrected chi connectivity index (χ0v) is 19.9. The fourth-order valence-corrected chi connectivity index (χ4v) is 5.08. The van der Waals surface area contributed by atoms with E-state index in [0.717, 1.165) is 40.8 Å². The van der Waals surface area contributed by atoms with Gasteiger partial charge in [-0.2, -0.15) is 0 Å². The van der Waals surface area contributed by atoms with E-state index in [9.17, 15) is 9.59 Å². The highest BCUT2D eigenvalue weighted by atomic mass is 32.1. The number of carbonyl (C=O) groups excluding carboxylic acids is 2. The smallest absolute Gasteiger partial charge is 0.407 e. The molecule has 0 spiro atoms. The molecule has 0 aliphatic heterocycles. The number of nitrogens with two attached hydrogens (primary N) is 1. The largest absolute Gasteiger partial charge is 0.449 e. The Balaban J connectivity index is 1.28. The number of thiophene rings is 1. The molecule has 1 aliphatic carbocycles. The molecule has 1 aliphatic rings. The molecule has 2 amide bonds. The van der Waals surface area contributed by atoms with E-state index in [1.54, 1.807) is 31.5 Å². The molecule has 1 unspecified atom stereocenters. The molecule has 0 saturated carbocycles. The first-order valence-corrected chi connectivity index (χ1v) is 11.8. The number of hydrogen-bond acceptors (Lipinski definition) is 8. The van der Waals surface area contributed by atoms with Crippen LogP contribution in [-0.2, 0) is 28.9 Å². The number of anilines is 2. The monoisotopic (exact) mass is 481 g/mol. The Hall–Kier alpha value is -3.66. The van der Waals surface area contributed by atoms with Gasteiger partial charge in [0.25, 0.3) is 0 Å². The van der Waals surface area contributed by atoms with Crippen LogP contribution in [0.25, 0.3) is 6.08 Å². The standard InChI is InChI=1S/C24H27N5O4S/c1-14-7-8-26-11-17(14)4-6-21(30)28-23-22(25)19-5-3-16(10-20(19)34-23)13-32-24(31)27-12-18-9-15(2)33-29-18/h4,6-9,11,16H,3,5,10,12-13,25H2,1-2H3,(H,27,31)(H,28,30)/b6-4+. The maximum Gasteiger partial charge on any atom is 0.407 e. The van der Waals surface area contributed by atoms with Crippen LogP contribution in [0.15, 0.2) is 35.1 Å². The normalized spacial score (nSPS) is 15.2. The maximum absolute atomic E-state index is 12.4. The summed E-state index contributed by atoms with van der Waals surface area (Å²) < 4.78 is 10.4. The van der Waals surface area contributed by atoms with E-state index in [1.807, 2.05) is 13.0 Å². The average molecular weight is 482 g/mol. The third kappa shape index (κ3) is 5.82. The summed E-state index contributed by atoms with van der Waals surface area (Å²) in [5, 5.41) is 10.1. The highest BCUT2D eigenvalue weighted by Gasteiger charge is 2.26. The van der Waals surface area contributed by atoms with Crippen molar-refractivity contribution in [2.75, 3.05) is 17.7 Å². The van der Waals surface area contributed by atoms with Crippen molar-refractivity contribution in [3.8, 4) is 0 Å². The van der Waals surface area contributed by atoms with Crippen molar-refractivity contribution in [3.63, 3.8) is 0 Å². The van der Waals surface area contributed by atoms with Gasteiger partial charge in [-0.15, -0.1) is 11.3 Å². The molecule has 3 aromatic rings. The molecule has 4 N–H and O–H groups in total. The van der Waals surface area contributed by atoms with Gasteiger partial charge in [0, 0.05) is 29.4 Å². The number of carbonyl (C=O) groups is 2. The van der Waals surface area contributed by atoms with E-state index in [2.05, 4.69) is 20.8 Å². The van der Waals surface area contributed by atoms with E-state index >= 15 is 0 Å². The number of nitrogens with one attached hydrogen (secondary N) is 2. The molecule has 0 radical (unpaired) electrons. The Bertz CT molecular complexity index is 1220. The number of alkyl carbamates (subject to hydrolysis) is 1. The van der Waals surface area contributed by atoms with Crippen molar-refractivity contribution in [3.05, 3.63) is 63.6 Å². The molecule has 10 heteroatoms. The first-order valence-electron chi connectivity index (χ1n) is 11.0. The summed E-state index contributed by atoms with van der Waals surface area (Å²) in [6.07, 6.45) is 8.56. The summed E-state index contributed by atoms with van der Waals surface area (Å²) in [4.78, 5) is 29.6. The molecule has 0 saturated heterocycles. The summed E-state index contributed by atoms with van der Waals surface area (Å²) >= 11 is 1.48. The van der Waals surface area contributed by atoms with Crippen LogP contribution in [0.3, 0.4) is 0 Å². The summed E-state index contributed by atoms with van der Waals surface area (Å²) in [6, 6.07) is 3.65. The van der Waals surface area contributed by atoms with Crippen LogP contribution < -0.4 is 16.4 Å². The number of nitrogens with zero attached hydrogens (tertiary/aromatic N) is 2. The van der Waals surface area contributed by atoms with E-state index < -0.39 is 6.09 Å². The zero-order valence-electron chi connectivity index (χ0n) is 19.1. The second-order valence-corrected chi connectivity index (χ2v) is 9.40. The predicted molar refractivity (Wildman–Crippen MR) is 130 cm³/mol. The number of hydrogen-bond donors (Lipinski definition) is 3. The molecule has 0 bridgehead atoms. The lowest BCUT2D eigenvalue weighted by atomic mass is 9.89. The Morgan fingerprint density at radius 2 is 2.24 bits per heavy atom. The fourth-order valence-electron chi connectivity index (χ4n) is 3.79. The minimum Gasteiger partial charge on any atom is -0.449 e. The van der Waals surface area contributed by atoms with E-state index in [0.29, 0.717) is 28.7 Å². The number of rotatable bonds is 7. The Kier molecular flexibility index (Phi) is 7.27. The number of amides is 2. The highest BCUT2D eigenvalue weighted by Crippen LogP contribution is 2.41. The van der Waals surface area contributed by atoms with E-state index in [1.165, 1.54) is 17.4 Å². The first-order chi connectivity index (χ1) is 16.4. The van der Waals surface area contributed by atoms with Gasteiger partial charge in [-0.05, 0) is 67.9 Å². The molecular formula is C24H27N5O4S. The van der Waals surface area contributed by atoms with Crippen LogP contribution in [0.2, 0.25) is 0 Å². The Labute approximate surface area is 201 Å². The number of nitrogen functional groups attached to an aromatic ring is 1. The second kappa shape index (κ2) is 10.5. The van der Waals surface area contributed by atoms with E-state index in [-0.39, 0.29) is 18.4 Å². The van der Waals surface area contributed by atoms with Crippen molar-refractivity contribution in [1.82, 2.24) is 15.5 Å². The summed E-state index contributed by atoms with van der Waals surface area (Å²) in [5.74, 6) is 0.642. The van der Waals surface area contributed by atoms with Gasteiger partial charge in [-0.25, -0.2) is 4.79 Å². The molecule has 9 nitrogen and oxygen atoms in total. The molecule has 178 valence electrons. The number of ether oxygens (including phenoxy) is 1. The van der Waals surface area contributed by atoms with Gasteiger partial charge >= 0.3 is 6.09 Å². The molecular weight excluding hydrogens is 454 g/mol. The van der Waals surface area contributed by atoms with Gasteiger partial charge in [0.05, 0.1) is 18.8 Å². The van der Waals surface area contributed by atoms with Gasteiger partial charge in [0.15, 0.2) is 0 Å². The van der Waals surface area contributed by atoms with Crippen LogP contribution in [0, 0.1) is 19.8 Å². The molecule has 1 atom stereocenters. The van der Waals surface area contributed by atoms with E-state index in [4.69, 9.17) is 15.0 Å². The minimum atomic E-state index is -0.485. The second-order valence-electron chi connectivity index (χ2n) is 8.29. The van der Waals surface area contributed by atoms with Gasteiger partial charge in [-0.3, -0.25) is 9.78 Å². The minimum absolute atomic E-state index is 0.197. The number of pyridine rings is 1. The number of aromatic nitrogens is 2. The molecule has 0 aromatic carbocycles. The molecule has 0 fully saturated rings. The molecule has 4 rings (SSSR count). The summed E-state index contributed by atoms with van der Waals surface area (Å²) in [6.45, 7) is 4.33. The Morgan fingerprint density at radius 3 is 3.00 bits per heavy atom. The van der Waals surface area contributed by atoms with Crippen LogP contribution in [-0.4, -0.2) is 28.7 Å².